The minimum absolute atomic E-state index is 0.0914. The van der Waals surface area contributed by atoms with Gasteiger partial charge in [-0.1, -0.05) is 97.1 Å². The van der Waals surface area contributed by atoms with E-state index in [9.17, 15) is 0 Å². The molecule has 0 saturated heterocycles. The molecule has 1 aliphatic rings. The summed E-state index contributed by atoms with van der Waals surface area (Å²) in [5.74, 6) is -7.39. The van der Waals surface area contributed by atoms with Gasteiger partial charge in [0.1, 0.15) is 5.41 Å². The summed E-state index contributed by atoms with van der Waals surface area (Å²) in [6.07, 6.45) is -1.49. The van der Waals surface area contributed by atoms with Crippen LogP contribution in [0.4, 0.5) is 17.6 Å². The fourth-order valence-corrected chi connectivity index (χ4v) is 8.31. The Hall–Kier alpha value is -5.36. The number of aromatic nitrogens is 2. The quantitative estimate of drug-likeness (QED) is 0.170. The standard InChI is InChI=1S/C42H30F4N2/c43-40(44)26-9-27-41(45,46)42(40,28-18-22-30(23-19-28)47-36-14-5-1-10-32(36)33-11-2-6-15-37(33)47)29-20-24-31(25-21-29)48-38-16-7-3-12-34(38)35-13-4-8-17-39(35)48/h1-8,10-25H,9,26-27H2. The predicted molar refractivity (Wildman–Crippen MR) is 186 cm³/mol. The smallest absolute Gasteiger partial charge is 0.267 e. The topological polar surface area (TPSA) is 9.86 Å². The molecule has 9 rings (SSSR count). The van der Waals surface area contributed by atoms with Crippen LogP contribution in [-0.2, 0) is 5.41 Å². The average Bonchev–Trinajstić information content (AvgIpc) is 3.62. The van der Waals surface area contributed by atoms with E-state index < -0.39 is 30.1 Å². The number of alkyl halides is 4. The molecule has 2 aromatic heterocycles. The van der Waals surface area contributed by atoms with E-state index in [1.165, 1.54) is 24.3 Å². The van der Waals surface area contributed by atoms with Gasteiger partial charge in [-0.2, -0.15) is 0 Å². The van der Waals surface area contributed by atoms with E-state index >= 15 is 17.6 Å². The van der Waals surface area contributed by atoms with Crippen molar-refractivity contribution in [2.75, 3.05) is 0 Å². The van der Waals surface area contributed by atoms with Crippen LogP contribution >= 0.6 is 0 Å². The van der Waals surface area contributed by atoms with Gasteiger partial charge in [-0.3, -0.25) is 0 Å². The minimum Gasteiger partial charge on any atom is -0.309 e. The van der Waals surface area contributed by atoms with Gasteiger partial charge in [0.25, 0.3) is 11.8 Å². The maximum absolute atomic E-state index is 16.5. The summed E-state index contributed by atoms with van der Waals surface area (Å²) < 4.78 is 70.0. The molecule has 1 saturated carbocycles. The van der Waals surface area contributed by atoms with Crippen molar-refractivity contribution in [3.8, 4) is 11.4 Å². The molecular formula is C42H30F4N2. The minimum atomic E-state index is -3.70. The molecule has 1 aliphatic carbocycles. The first-order chi connectivity index (χ1) is 23.3. The van der Waals surface area contributed by atoms with Crippen molar-refractivity contribution in [3.05, 3.63) is 157 Å². The van der Waals surface area contributed by atoms with Gasteiger partial charge in [0.2, 0.25) is 0 Å². The molecule has 0 radical (unpaired) electrons. The van der Waals surface area contributed by atoms with Crippen LogP contribution in [0.3, 0.4) is 0 Å². The molecule has 236 valence electrons. The van der Waals surface area contributed by atoms with Crippen molar-refractivity contribution in [1.82, 2.24) is 9.13 Å². The molecular weight excluding hydrogens is 608 g/mol. The Morgan fingerprint density at radius 2 is 0.667 bits per heavy atom. The van der Waals surface area contributed by atoms with E-state index in [0.717, 1.165) is 55.0 Å². The molecule has 2 heterocycles. The summed E-state index contributed by atoms with van der Waals surface area (Å²) in [5.41, 5.74) is 2.23. The Bertz CT molecular complexity index is 2210. The third kappa shape index (κ3) is 3.86. The SMILES string of the molecule is FC1(F)CCCC(F)(F)C1(c1ccc(-n2c3ccccc3c3ccccc32)cc1)c1ccc(-n2c3ccccc3c3ccccc32)cc1. The number of fused-ring (bicyclic) bond motifs is 6. The lowest BCUT2D eigenvalue weighted by atomic mass is 9.60. The monoisotopic (exact) mass is 638 g/mol. The Morgan fingerprint density at radius 1 is 0.375 bits per heavy atom. The number of hydrogen-bond acceptors (Lipinski definition) is 0. The molecule has 0 spiro atoms. The first-order valence-electron chi connectivity index (χ1n) is 16.3. The van der Waals surface area contributed by atoms with Crippen LogP contribution in [0.15, 0.2) is 146 Å². The van der Waals surface area contributed by atoms with Crippen LogP contribution in [0.25, 0.3) is 55.0 Å². The Kier molecular flexibility index (Phi) is 6.20. The maximum Gasteiger partial charge on any atom is 0.267 e. The lowest BCUT2D eigenvalue weighted by Crippen LogP contribution is -2.61. The highest BCUT2D eigenvalue weighted by Gasteiger charge is 2.71. The van der Waals surface area contributed by atoms with E-state index in [4.69, 9.17) is 0 Å². The molecule has 8 aromatic rings. The van der Waals surface area contributed by atoms with Gasteiger partial charge in [-0.15, -0.1) is 0 Å². The van der Waals surface area contributed by atoms with Crippen LogP contribution in [0.1, 0.15) is 30.4 Å². The normalized spacial score (nSPS) is 17.0. The highest BCUT2D eigenvalue weighted by atomic mass is 19.3. The average molecular weight is 639 g/mol. The van der Waals surface area contributed by atoms with Gasteiger partial charge in [0, 0.05) is 45.8 Å². The molecule has 48 heavy (non-hydrogen) atoms. The number of hydrogen-bond donors (Lipinski definition) is 0. The summed E-state index contributed by atoms with van der Waals surface area (Å²) in [5, 5.41) is 4.23. The molecule has 0 unspecified atom stereocenters. The number of benzene rings is 6. The van der Waals surface area contributed by atoms with Gasteiger partial charge in [0.05, 0.1) is 22.1 Å². The summed E-state index contributed by atoms with van der Waals surface area (Å²) in [6, 6.07) is 44.6. The summed E-state index contributed by atoms with van der Waals surface area (Å²) in [4.78, 5) is 0. The predicted octanol–water partition coefficient (Wildman–Crippen LogP) is 11.6. The molecule has 0 aliphatic heterocycles. The van der Waals surface area contributed by atoms with Crippen molar-refractivity contribution in [1.29, 1.82) is 0 Å². The molecule has 0 amide bonds. The second-order valence-electron chi connectivity index (χ2n) is 12.8. The number of para-hydroxylation sites is 4. The second-order valence-corrected chi connectivity index (χ2v) is 12.8. The summed E-state index contributed by atoms with van der Waals surface area (Å²) in [6.45, 7) is 0. The van der Waals surface area contributed by atoms with Crippen LogP contribution in [0.2, 0.25) is 0 Å². The lowest BCUT2D eigenvalue weighted by molar-refractivity contribution is -0.207. The van der Waals surface area contributed by atoms with E-state index in [-0.39, 0.29) is 17.5 Å². The fourth-order valence-electron chi connectivity index (χ4n) is 8.31. The van der Waals surface area contributed by atoms with Crippen molar-refractivity contribution < 1.29 is 17.6 Å². The third-order valence-electron chi connectivity index (χ3n) is 10.4. The second kappa shape index (κ2) is 10.3. The zero-order valence-corrected chi connectivity index (χ0v) is 25.9. The van der Waals surface area contributed by atoms with Crippen molar-refractivity contribution >= 4 is 43.6 Å². The zero-order valence-electron chi connectivity index (χ0n) is 25.9. The van der Waals surface area contributed by atoms with Crippen molar-refractivity contribution in [3.63, 3.8) is 0 Å². The van der Waals surface area contributed by atoms with Crippen LogP contribution in [0.5, 0.6) is 0 Å². The van der Waals surface area contributed by atoms with Crippen LogP contribution in [0, 0.1) is 0 Å². The Balaban J connectivity index is 1.22. The van der Waals surface area contributed by atoms with Gasteiger partial charge >= 0.3 is 0 Å². The Labute approximate surface area is 274 Å². The third-order valence-corrected chi connectivity index (χ3v) is 10.4. The molecule has 6 aromatic carbocycles. The Morgan fingerprint density at radius 3 is 0.979 bits per heavy atom. The molecule has 6 heteroatoms. The van der Waals surface area contributed by atoms with Crippen LogP contribution < -0.4 is 0 Å². The zero-order chi connectivity index (χ0) is 32.7. The van der Waals surface area contributed by atoms with Gasteiger partial charge < -0.3 is 9.13 Å². The number of nitrogens with zero attached hydrogens (tertiary/aromatic N) is 2. The van der Waals surface area contributed by atoms with E-state index in [2.05, 4.69) is 9.13 Å². The molecule has 2 nitrogen and oxygen atoms in total. The lowest BCUT2D eigenvalue weighted by Gasteiger charge is -2.49. The van der Waals surface area contributed by atoms with E-state index in [1.807, 2.05) is 97.1 Å². The van der Waals surface area contributed by atoms with Crippen LogP contribution in [-0.4, -0.2) is 21.0 Å². The first kappa shape index (κ1) is 28.8. The van der Waals surface area contributed by atoms with Gasteiger partial charge in [-0.25, -0.2) is 17.6 Å². The molecule has 1 fully saturated rings. The molecule has 0 bridgehead atoms. The fraction of sp³-hybridized carbons (Fsp3) is 0.143. The largest absolute Gasteiger partial charge is 0.309 e. The van der Waals surface area contributed by atoms with Gasteiger partial charge in [-0.05, 0) is 66.1 Å². The number of rotatable bonds is 4. The van der Waals surface area contributed by atoms with Crippen molar-refractivity contribution in [2.24, 2.45) is 0 Å². The molecule has 0 N–H and O–H groups in total. The van der Waals surface area contributed by atoms with E-state index in [1.54, 1.807) is 24.3 Å². The highest BCUT2D eigenvalue weighted by Crippen LogP contribution is 2.61. The molecule has 0 atom stereocenters. The number of halogens is 4. The first-order valence-corrected chi connectivity index (χ1v) is 16.3. The van der Waals surface area contributed by atoms with Crippen molar-refractivity contribution in [2.45, 2.75) is 36.5 Å². The summed E-state index contributed by atoms with van der Waals surface area (Å²) in [7, 11) is 0. The highest BCUT2D eigenvalue weighted by molar-refractivity contribution is 6.10. The van der Waals surface area contributed by atoms with Gasteiger partial charge in [0.15, 0.2) is 0 Å². The van der Waals surface area contributed by atoms with E-state index in [0.29, 0.717) is 0 Å². The summed E-state index contributed by atoms with van der Waals surface area (Å²) >= 11 is 0. The maximum atomic E-state index is 16.5.